The molecule has 0 radical (unpaired) electrons. The molecule has 96 valence electrons. The number of hydrogen-bond acceptors (Lipinski definition) is 4. The number of alkyl halides is 3. The Morgan fingerprint density at radius 1 is 1.24 bits per heavy atom. The molecular weight excluding hydrogens is 235 g/mol. The second-order valence-corrected chi connectivity index (χ2v) is 3.49. The van der Waals surface area contributed by atoms with Gasteiger partial charge in [-0.05, 0) is 18.6 Å². The molecule has 0 unspecified atom stereocenters. The minimum atomic E-state index is -4.47. The van der Waals surface area contributed by atoms with Gasteiger partial charge in [0.2, 0.25) is 0 Å². The zero-order chi connectivity index (χ0) is 12.9. The Morgan fingerprint density at radius 3 is 2.35 bits per heavy atom. The Bertz CT molecular complexity index is 334. The van der Waals surface area contributed by atoms with Crippen LogP contribution in [0.4, 0.5) is 19.0 Å². The van der Waals surface area contributed by atoms with E-state index in [2.05, 4.69) is 10.2 Å². The molecule has 0 atom stereocenters. The average Bonchev–Trinajstić information content (AvgIpc) is 2.28. The van der Waals surface area contributed by atoms with Crippen LogP contribution in [0.3, 0.4) is 0 Å². The number of aliphatic hydroxyl groups excluding tert-OH is 1. The predicted molar refractivity (Wildman–Crippen MR) is 56.6 cm³/mol. The standard InChI is InChI=1S/C10H14F3N3O/c1-2-5-16(6-7-17)9-4-3-8(14-15-9)10(11,12)13/h3-4,17H,2,5-7H2,1H3. The van der Waals surface area contributed by atoms with Crippen molar-refractivity contribution in [3.8, 4) is 0 Å². The number of nitrogens with zero attached hydrogens (tertiary/aromatic N) is 3. The van der Waals surface area contributed by atoms with Gasteiger partial charge in [0.05, 0.1) is 6.61 Å². The summed E-state index contributed by atoms with van der Waals surface area (Å²) in [5.74, 6) is 0.342. The number of aliphatic hydroxyl groups is 1. The first-order chi connectivity index (χ1) is 7.99. The van der Waals surface area contributed by atoms with Gasteiger partial charge in [0.15, 0.2) is 11.5 Å². The maximum absolute atomic E-state index is 12.3. The highest BCUT2D eigenvalue weighted by molar-refractivity contribution is 5.37. The van der Waals surface area contributed by atoms with Crippen LogP contribution in [0.25, 0.3) is 0 Å². The first-order valence-corrected chi connectivity index (χ1v) is 5.25. The molecule has 17 heavy (non-hydrogen) atoms. The topological polar surface area (TPSA) is 49.2 Å². The molecule has 0 amide bonds. The zero-order valence-corrected chi connectivity index (χ0v) is 9.41. The molecule has 0 aliphatic heterocycles. The molecule has 1 rings (SSSR count). The largest absolute Gasteiger partial charge is 0.435 e. The molecule has 1 heterocycles. The molecule has 1 aromatic rings. The van der Waals surface area contributed by atoms with Crippen LogP contribution in [0.2, 0.25) is 0 Å². The molecule has 0 bridgehead atoms. The second-order valence-electron chi connectivity index (χ2n) is 3.49. The van der Waals surface area contributed by atoms with Gasteiger partial charge < -0.3 is 10.0 Å². The molecule has 7 heteroatoms. The molecule has 4 nitrogen and oxygen atoms in total. The van der Waals surface area contributed by atoms with Gasteiger partial charge in [0.25, 0.3) is 0 Å². The van der Waals surface area contributed by atoms with Crippen molar-refractivity contribution in [2.75, 3.05) is 24.6 Å². The smallest absolute Gasteiger partial charge is 0.395 e. The van der Waals surface area contributed by atoms with Crippen LogP contribution in [0.15, 0.2) is 12.1 Å². The van der Waals surface area contributed by atoms with Crippen molar-refractivity contribution in [2.24, 2.45) is 0 Å². The summed E-state index contributed by atoms with van der Waals surface area (Å²) in [6.45, 7) is 2.79. The van der Waals surface area contributed by atoms with Gasteiger partial charge in [-0.3, -0.25) is 0 Å². The predicted octanol–water partition coefficient (Wildman–Crippen LogP) is 1.70. The lowest BCUT2D eigenvalue weighted by molar-refractivity contribution is -0.141. The van der Waals surface area contributed by atoms with Crippen molar-refractivity contribution in [3.05, 3.63) is 17.8 Å². The van der Waals surface area contributed by atoms with Crippen LogP contribution in [0, 0.1) is 0 Å². The Kier molecular flexibility index (Phi) is 4.68. The summed E-state index contributed by atoms with van der Waals surface area (Å²) >= 11 is 0. The van der Waals surface area contributed by atoms with Crippen LogP contribution in [-0.2, 0) is 6.18 Å². The van der Waals surface area contributed by atoms with E-state index < -0.39 is 11.9 Å². The minimum Gasteiger partial charge on any atom is -0.395 e. The monoisotopic (exact) mass is 249 g/mol. The Hall–Kier alpha value is -1.37. The SMILES string of the molecule is CCCN(CCO)c1ccc(C(F)(F)F)nn1. The van der Waals surface area contributed by atoms with Gasteiger partial charge in [-0.2, -0.15) is 13.2 Å². The summed E-state index contributed by atoms with van der Waals surface area (Å²) < 4.78 is 36.8. The number of hydrogen-bond donors (Lipinski definition) is 1. The van der Waals surface area contributed by atoms with Crippen LogP contribution in [0.1, 0.15) is 19.0 Å². The van der Waals surface area contributed by atoms with Crippen LogP contribution in [0.5, 0.6) is 0 Å². The molecule has 0 aliphatic carbocycles. The summed E-state index contributed by atoms with van der Waals surface area (Å²) in [5, 5.41) is 15.5. The van der Waals surface area contributed by atoms with Crippen molar-refractivity contribution in [1.82, 2.24) is 10.2 Å². The van der Waals surface area contributed by atoms with Crippen molar-refractivity contribution in [1.29, 1.82) is 0 Å². The van der Waals surface area contributed by atoms with Crippen molar-refractivity contribution in [3.63, 3.8) is 0 Å². The molecular formula is C10H14F3N3O. The van der Waals surface area contributed by atoms with Crippen molar-refractivity contribution >= 4 is 5.82 Å². The number of aromatic nitrogens is 2. The Balaban J connectivity index is 2.84. The van der Waals surface area contributed by atoms with E-state index in [4.69, 9.17) is 5.11 Å². The van der Waals surface area contributed by atoms with E-state index in [-0.39, 0.29) is 6.61 Å². The van der Waals surface area contributed by atoms with Gasteiger partial charge in [-0.1, -0.05) is 6.92 Å². The van der Waals surface area contributed by atoms with E-state index in [1.807, 2.05) is 6.92 Å². The summed E-state index contributed by atoms with van der Waals surface area (Å²) in [7, 11) is 0. The number of rotatable bonds is 5. The highest BCUT2D eigenvalue weighted by atomic mass is 19.4. The molecule has 1 N–H and O–H groups in total. The number of halogens is 3. The molecule has 1 aromatic heterocycles. The zero-order valence-electron chi connectivity index (χ0n) is 9.41. The lowest BCUT2D eigenvalue weighted by Crippen LogP contribution is -2.28. The van der Waals surface area contributed by atoms with Crippen LogP contribution < -0.4 is 4.90 Å². The van der Waals surface area contributed by atoms with E-state index in [1.54, 1.807) is 4.90 Å². The van der Waals surface area contributed by atoms with Crippen molar-refractivity contribution in [2.45, 2.75) is 19.5 Å². The third-order valence-corrected chi connectivity index (χ3v) is 2.13. The third kappa shape index (κ3) is 3.85. The lowest BCUT2D eigenvalue weighted by Gasteiger charge is -2.21. The Morgan fingerprint density at radius 2 is 1.94 bits per heavy atom. The molecule has 0 saturated carbocycles. The van der Waals surface area contributed by atoms with Gasteiger partial charge in [-0.15, -0.1) is 10.2 Å². The summed E-state index contributed by atoms with van der Waals surface area (Å²) in [5.41, 5.74) is -1.01. The first kappa shape index (κ1) is 13.7. The minimum absolute atomic E-state index is 0.0807. The van der Waals surface area contributed by atoms with E-state index in [1.165, 1.54) is 6.07 Å². The first-order valence-electron chi connectivity index (χ1n) is 5.25. The van der Waals surface area contributed by atoms with Crippen molar-refractivity contribution < 1.29 is 18.3 Å². The lowest BCUT2D eigenvalue weighted by atomic mass is 10.3. The molecule has 0 aliphatic rings. The van der Waals surface area contributed by atoms with E-state index in [0.29, 0.717) is 18.9 Å². The molecule has 0 aromatic carbocycles. The number of anilines is 1. The fourth-order valence-corrected chi connectivity index (χ4v) is 1.38. The van der Waals surface area contributed by atoms with Gasteiger partial charge >= 0.3 is 6.18 Å². The van der Waals surface area contributed by atoms with Crippen LogP contribution >= 0.6 is 0 Å². The summed E-state index contributed by atoms with van der Waals surface area (Å²) in [6.07, 6.45) is -3.67. The third-order valence-electron chi connectivity index (χ3n) is 2.13. The highest BCUT2D eigenvalue weighted by Gasteiger charge is 2.33. The van der Waals surface area contributed by atoms with E-state index in [0.717, 1.165) is 12.5 Å². The Labute approximate surface area is 97.1 Å². The summed E-state index contributed by atoms with van der Waals surface area (Å²) in [6, 6.07) is 2.16. The fourth-order valence-electron chi connectivity index (χ4n) is 1.38. The maximum Gasteiger partial charge on any atom is 0.435 e. The summed E-state index contributed by atoms with van der Waals surface area (Å²) in [4.78, 5) is 1.69. The van der Waals surface area contributed by atoms with E-state index in [9.17, 15) is 13.2 Å². The highest BCUT2D eigenvalue weighted by Crippen LogP contribution is 2.27. The van der Waals surface area contributed by atoms with Gasteiger partial charge in [0.1, 0.15) is 0 Å². The molecule has 0 spiro atoms. The van der Waals surface area contributed by atoms with E-state index >= 15 is 0 Å². The van der Waals surface area contributed by atoms with Gasteiger partial charge in [-0.25, -0.2) is 0 Å². The second kappa shape index (κ2) is 5.81. The van der Waals surface area contributed by atoms with Crippen LogP contribution in [-0.4, -0.2) is 35.0 Å². The quantitative estimate of drug-likeness (QED) is 0.863. The molecule has 0 saturated heterocycles. The molecule has 0 fully saturated rings. The maximum atomic E-state index is 12.3. The fraction of sp³-hybridized carbons (Fsp3) is 0.600. The van der Waals surface area contributed by atoms with Gasteiger partial charge in [0, 0.05) is 13.1 Å². The normalized spacial score (nSPS) is 11.6. The average molecular weight is 249 g/mol.